The minimum atomic E-state index is -0.174. The number of carbonyl (C=O) groups is 1. The van der Waals surface area contributed by atoms with Crippen LogP contribution in [-0.4, -0.2) is 78.0 Å². The van der Waals surface area contributed by atoms with Gasteiger partial charge in [-0.2, -0.15) is 0 Å². The Morgan fingerprint density at radius 3 is 3.19 bits per heavy atom. The van der Waals surface area contributed by atoms with Gasteiger partial charge in [0, 0.05) is 45.2 Å². The topological polar surface area (TPSA) is 76.3 Å². The Bertz CT molecular complexity index is 501. The van der Waals surface area contributed by atoms with Crippen LogP contribution in [0.1, 0.15) is 11.4 Å². The standard InChI is InChI=1S/C14H24N6O/c1-19-3-4-20(2)10(8-19)6-16-14(21)12-5-11-13(7-15-12)18-9-17-11/h9-10,12,15H,3-8H2,1-2H3,(H,16,21)(H,17,18). The zero-order valence-electron chi connectivity index (χ0n) is 12.7. The van der Waals surface area contributed by atoms with Crippen molar-refractivity contribution >= 4 is 5.91 Å². The maximum Gasteiger partial charge on any atom is 0.237 e. The largest absolute Gasteiger partial charge is 0.353 e. The van der Waals surface area contributed by atoms with Gasteiger partial charge >= 0.3 is 0 Å². The van der Waals surface area contributed by atoms with Crippen molar-refractivity contribution in [1.29, 1.82) is 0 Å². The van der Waals surface area contributed by atoms with Crippen LogP contribution in [-0.2, 0) is 17.8 Å². The Labute approximate surface area is 125 Å². The molecule has 1 aromatic rings. The quantitative estimate of drug-likeness (QED) is 0.651. The fraction of sp³-hybridized carbons (Fsp3) is 0.714. The molecular formula is C14H24N6O. The molecule has 3 rings (SSSR count). The summed E-state index contributed by atoms with van der Waals surface area (Å²) in [5, 5.41) is 6.35. The van der Waals surface area contributed by atoms with E-state index in [1.54, 1.807) is 6.33 Å². The van der Waals surface area contributed by atoms with Crippen molar-refractivity contribution in [3.05, 3.63) is 17.7 Å². The van der Waals surface area contributed by atoms with Crippen LogP contribution >= 0.6 is 0 Å². The number of amides is 1. The number of nitrogens with zero attached hydrogens (tertiary/aromatic N) is 3. The molecule has 21 heavy (non-hydrogen) atoms. The van der Waals surface area contributed by atoms with Crippen molar-refractivity contribution in [2.24, 2.45) is 0 Å². The summed E-state index contributed by atoms with van der Waals surface area (Å²) < 4.78 is 0. The van der Waals surface area contributed by atoms with E-state index in [0.717, 1.165) is 31.0 Å². The second-order valence-corrected chi connectivity index (χ2v) is 6.11. The highest BCUT2D eigenvalue weighted by atomic mass is 16.2. The first kappa shape index (κ1) is 14.5. The minimum absolute atomic E-state index is 0.0743. The van der Waals surface area contributed by atoms with Crippen molar-refractivity contribution in [3.8, 4) is 0 Å². The predicted octanol–water partition coefficient (Wildman–Crippen LogP) is -1.21. The van der Waals surface area contributed by atoms with E-state index in [-0.39, 0.29) is 11.9 Å². The number of fused-ring (bicyclic) bond motifs is 1. The molecule has 3 heterocycles. The van der Waals surface area contributed by atoms with Gasteiger partial charge in [-0.25, -0.2) is 4.98 Å². The molecule has 1 fully saturated rings. The molecule has 1 aromatic heterocycles. The number of hydrogen-bond donors (Lipinski definition) is 3. The van der Waals surface area contributed by atoms with Gasteiger partial charge in [-0.05, 0) is 14.1 Å². The Balaban J connectivity index is 1.50. The van der Waals surface area contributed by atoms with Crippen molar-refractivity contribution in [2.45, 2.75) is 25.0 Å². The zero-order chi connectivity index (χ0) is 14.8. The number of imidazole rings is 1. The van der Waals surface area contributed by atoms with E-state index in [1.165, 1.54) is 0 Å². The van der Waals surface area contributed by atoms with Crippen LogP contribution in [0.5, 0.6) is 0 Å². The first-order chi connectivity index (χ1) is 10.1. The molecule has 2 aliphatic rings. The molecule has 2 aliphatic heterocycles. The van der Waals surface area contributed by atoms with Crippen LogP contribution in [0.4, 0.5) is 0 Å². The summed E-state index contributed by atoms with van der Waals surface area (Å²) in [4.78, 5) is 24.3. The summed E-state index contributed by atoms with van der Waals surface area (Å²) in [6.07, 6.45) is 2.35. The normalized spacial score (nSPS) is 27.3. The molecule has 0 radical (unpaired) electrons. The van der Waals surface area contributed by atoms with Crippen LogP contribution in [0.2, 0.25) is 0 Å². The Kier molecular flexibility index (Phi) is 4.23. The first-order valence-electron chi connectivity index (χ1n) is 7.54. The summed E-state index contributed by atoms with van der Waals surface area (Å²) >= 11 is 0. The van der Waals surface area contributed by atoms with Gasteiger partial charge in [-0.3, -0.25) is 15.0 Å². The van der Waals surface area contributed by atoms with Gasteiger partial charge in [0.2, 0.25) is 5.91 Å². The van der Waals surface area contributed by atoms with E-state index in [9.17, 15) is 4.79 Å². The predicted molar refractivity (Wildman–Crippen MR) is 79.8 cm³/mol. The monoisotopic (exact) mass is 292 g/mol. The molecule has 2 unspecified atom stereocenters. The van der Waals surface area contributed by atoms with Crippen molar-refractivity contribution in [2.75, 3.05) is 40.3 Å². The third-order valence-corrected chi connectivity index (χ3v) is 4.54. The Morgan fingerprint density at radius 1 is 1.48 bits per heavy atom. The van der Waals surface area contributed by atoms with E-state index >= 15 is 0 Å². The highest BCUT2D eigenvalue weighted by Gasteiger charge is 2.27. The van der Waals surface area contributed by atoms with Gasteiger partial charge in [0.1, 0.15) is 0 Å². The third kappa shape index (κ3) is 3.25. The van der Waals surface area contributed by atoms with Crippen molar-refractivity contribution in [3.63, 3.8) is 0 Å². The van der Waals surface area contributed by atoms with Gasteiger partial charge in [-0.15, -0.1) is 0 Å². The zero-order valence-corrected chi connectivity index (χ0v) is 12.7. The molecule has 0 saturated carbocycles. The fourth-order valence-corrected chi connectivity index (χ4v) is 3.02. The molecule has 116 valence electrons. The van der Waals surface area contributed by atoms with Gasteiger partial charge in [0.15, 0.2) is 0 Å². The van der Waals surface area contributed by atoms with Crippen LogP contribution in [0.15, 0.2) is 6.33 Å². The highest BCUT2D eigenvalue weighted by Crippen LogP contribution is 2.12. The number of rotatable bonds is 3. The first-order valence-corrected chi connectivity index (χ1v) is 7.54. The number of H-pyrrole nitrogens is 1. The third-order valence-electron chi connectivity index (χ3n) is 4.54. The van der Waals surface area contributed by atoms with E-state index in [2.05, 4.69) is 44.5 Å². The molecule has 0 bridgehead atoms. The Hall–Kier alpha value is -1.44. The lowest BCUT2D eigenvalue weighted by Gasteiger charge is -2.38. The molecule has 7 heteroatoms. The lowest BCUT2D eigenvalue weighted by molar-refractivity contribution is -0.123. The van der Waals surface area contributed by atoms with E-state index in [1.807, 2.05) is 0 Å². The van der Waals surface area contributed by atoms with Gasteiger partial charge in [0.25, 0.3) is 0 Å². The lowest BCUT2D eigenvalue weighted by Crippen LogP contribution is -2.56. The van der Waals surface area contributed by atoms with Gasteiger partial charge in [0.05, 0.1) is 23.8 Å². The second kappa shape index (κ2) is 6.13. The highest BCUT2D eigenvalue weighted by molar-refractivity contribution is 5.82. The molecular weight excluding hydrogens is 268 g/mol. The molecule has 0 aliphatic carbocycles. The summed E-state index contributed by atoms with van der Waals surface area (Å²) in [5.74, 6) is 0.0743. The molecule has 1 amide bonds. The van der Waals surface area contributed by atoms with E-state index in [4.69, 9.17) is 0 Å². The molecule has 0 spiro atoms. The maximum absolute atomic E-state index is 12.3. The number of aromatic amines is 1. The van der Waals surface area contributed by atoms with Crippen LogP contribution < -0.4 is 10.6 Å². The number of nitrogens with one attached hydrogen (secondary N) is 3. The van der Waals surface area contributed by atoms with Crippen LogP contribution in [0.3, 0.4) is 0 Å². The summed E-state index contributed by atoms with van der Waals surface area (Å²) in [5.41, 5.74) is 2.09. The van der Waals surface area contributed by atoms with E-state index < -0.39 is 0 Å². The lowest BCUT2D eigenvalue weighted by atomic mass is 10.0. The molecule has 0 aromatic carbocycles. The average molecular weight is 292 g/mol. The minimum Gasteiger partial charge on any atom is -0.353 e. The number of hydrogen-bond acceptors (Lipinski definition) is 5. The van der Waals surface area contributed by atoms with Crippen molar-refractivity contribution < 1.29 is 4.79 Å². The molecule has 2 atom stereocenters. The summed E-state index contributed by atoms with van der Waals surface area (Å²) in [6, 6.07) is 0.213. The number of carbonyl (C=O) groups excluding carboxylic acids is 1. The smallest absolute Gasteiger partial charge is 0.237 e. The van der Waals surface area contributed by atoms with Crippen LogP contribution in [0.25, 0.3) is 0 Å². The molecule has 7 nitrogen and oxygen atoms in total. The number of piperazine rings is 1. The number of likely N-dealkylation sites (N-methyl/N-ethyl adjacent to an activating group) is 2. The average Bonchev–Trinajstić information content (AvgIpc) is 2.95. The van der Waals surface area contributed by atoms with Crippen molar-refractivity contribution in [1.82, 2.24) is 30.4 Å². The Morgan fingerprint density at radius 2 is 2.33 bits per heavy atom. The maximum atomic E-state index is 12.3. The summed E-state index contributed by atoms with van der Waals surface area (Å²) in [6.45, 7) is 4.52. The molecule has 1 saturated heterocycles. The van der Waals surface area contributed by atoms with E-state index in [0.29, 0.717) is 25.6 Å². The SMILES string of the molecule is CN1CCN(C)C(CNC(=O)C2Cc3nc[nH]c3CN2)C1. The van der Waals surface area contributed by atoms with Gasteiger partial charge < -0.3 is 15.2 Å². The molecule has 3 N–H and O–H groups in total. The van der Waals surface area contributed by atoms with Gasteiger partial charge in [-0.1, -0.05) is 0 Å². The van der Waals surface area contributed by atoms with Crippen LogP contribution in [0, 0.1) is 0 Å². The fourth-order valence-electron chi connectivity index (χ4n) is 3.02. The second-order valence-electron chi connectivity index (χ2n) is 6.11. The summed E-state index contributed by atoms with van der Waals surface area (Å²) in [7, 11) is 4.25. The number of aromatic nitrogens is 2.